The number of amides is 1. The topological polar surface area (TPSA) is 42.0 Å². The maximum Gasteiger partial charge on any atom is 0.246 e. The van der Waals surface area contributed by atoms with E-state index in [0.29, 0.717) is 31.3 Å². The summed E-state index contributed by atoms with van der Waals surface area (Å²) in [6, 6.07) is 6.55. The molecule has 0 spiro atoms. The fourth-order valence-corrected chi connectivity index (χ4v) is 4.30. The Bertz CT molecular complexity index is 706. The van der Waals surface area contributed by atoms with Gasteiger partial charge in [0.25, 0.3) is 0 Å². The highest BCUT2D eigenvalue weighted by molar-refractivity contribution is 6.32. The molecule has 1 saturated carbocycles. The van der Waals surface area contributed by atoms with Gasteiger partial charge in [0.15, 0.2) is 0 Å². The van der Waals surface area contributed by atoms with Crippen molar-refractivity contribution in [2.24, 2.45) is 0 Å². The summed E-state index contributed by atoms with van der Waals surface area (Å²) in [7, 11) is 0. The highest BCUT2D eigenvalue weighted by atomic mass is 35.5. The Kier molecular flexibility index (Phi) is 6.55. The number of carbonyl (C=O) groups is 1. The molecule has 2 aliphatic heterocycles. The number of halogens is 1. The van der Waals surface area contributed by atoms with E-state index in [2.05, 4.69) is 4.90 Å². The fourth-order valence-electron chi connectivity index (χ4n) is 4.07. The molecule has 2 heterocycles. The van der Waals surface area contributed by atoms with Gasteiger partial charge in [-0.2, -0.15) is 0 Å². The van der Waals surface area contributed by atoms with Crippen LogP contribution in [0, 0.1) is 0 Å². The molecule has 3 fully saturated rings. The van der Waals surface area contributed by atoms with Gasteiger partial charge in [-0.25, -0.2) is 0 Å². The zero-order chi connectivity index (χ0) is 19.3. The fraction of sp³-hybridized carbons (Fsp3) is 0.591. The third kappa shape index (κ3) is 4.88. The SMILES string of the molecule is O=C(C=Cc1ccc(OC2CCN(C3CCC3)CC2)cc1Cl)N1CCOCC1. The van der Waals surface area contributed by atoms with Crippen molar-refractivity contribution in [2.45, 2.75) is 44.2 Å². The summed E-state index contributed by atoms with van der Waals surface area (Å²) >= 11 is 6.42. The van der Waals surface area contributed by atoms with Crippen molar-refractivity contribution in [1.29, 1.82) is 0 Å². The van der Waals surface area contributed by atoms with Crippen molar-refractivity contribution in [1.82, 2.24) is 9.80 Å². The standard InChI is InChI=1S/C22H29ClN2O3/c23-21-16-20(28-19-8-10-24(11-9-19)18-2-1-3-18)6-4-17(21)5-7-22(26)25-12-14-27-15-13-25/h4-7,16,18-19H,1-3,8-15H2. The van der Waals surface area contributed by atoms with Crippen LogP contribution in [0.15, 0.2) is 24.3 Å². The zero-order valence-electron chi connectivity index (χ0n) is 16.3. The van der Waals surface area contributed by atoms with Crippen molar-refractivity contribution in [3.8, 4) is 5.75 Å². The van der Waals surface area contributed by atoms with Gasteiger partial charge in [0.1, 0.15) is 11.9 Å². The van der Waals surface area contributed by atoms with Gasteiger partial charge < -0.3 is 19.3 Å². The summed E-state index contributed by atoms with van der Waals surface area (Å²) in [6.45, 7) is 4.76. The van der Waals surface area contributed by atoms with Gasteiger partial charge in [-0.15, -0.1) is 0 Å². The Morgan fingerprint density at radius 3 is 2.50 bits per heavy atom. The van der Waals surface area contributed by atoms with Crippen molar-refractivity contribution in [3.05, 3.63) is 34.9 Å². The van der Waals surface area contributed by atoms with Crippen molar-refractivity contribution < 1.29 is 14.3 Å². The van der Waals surface area contributed by atoms with Gasteiger partial charge in [-0.05, 0) is 55.5 Å². The van der Waals surface area contributed by atoms with Gasteiger partial charge in [0, 0.05) is 38.3 Å². The van der Waals surface area contributed by atoms with Gasteiger partial charge >= 0.3 is 0 Å². The van der Waals surface area contributed by atoms with Gasteiger partial charge in [0.05, 0.1) is 18.2 Å². The molecule has 0 atom stereocenters. The maximum absolute atomic E-state index is 12.2. The number of hydrogen-bond donors (Lipinski definition) is 0. The molecule has 1 amide bonds. The third-order valence-corrected chi connectivity index (χ3v) is 6.40. The van der Waals surface area contributed by atoms with Crippen LogP contribution in [0.1, 0.15) is 37.7 Å². The first-order chi connectivity index (χ1) is 13.7. The molecule has 3 aliphatic rings. The van der Waals surface area contributed by atoms with Gasteiger partial charge in [-0.1, -0.05) is 18.0 Å². The number of nitrogens with zero attached hydrogens (tertiary/aromatic N) is 2. The van der Waals surface area contributed by atoms with E-state index in [1.165, 1.54) is 19.3 Å². The van der Waals surface area contributed by atoms with Crippen LogP contribution in [0.4, 0.5) is 0 Å². The Labute approximate surface area is 172 Å². The second kappa shape index (κ2) is 9.29. The van der Waals surface area contributed by atoms with Gasteiger partial charge in [0.2, 0.25) is 5.91 Å². The molecule has 1 aliphatic carbocycles. The molecule has 0 unspecified atom stereocenters. The van der Waals surface area contributed by atoms with Crippen molar-refractivity contribution >= 4 is 23.6 Å². The van der Waals surface area contributed by atoms with E-state index >= 15 is 0 Å². The number of morpholine rings is 1. The summed E-state index contributed by atoms with van der Waals surface area (Å²) in [5.74, 6) is 0.807. The van der Waals surface area contributed by atoms with Crippen LogP contribution in [0.5, 0.6) is 5.75 Å². The first-order valence-electron chi connectivity index (χ1n) is 10.4. The minimum Gasteiger partial charge on any atom is -0.490 e. The van der Waals surface area contributed by atoms with E-state index in [-0.39, 0.29) is 12.0 Å². The molecule has 2 saturated heterocycles. The molecule has 0 bridgehead atoms. The number of hydrogen-bond acceptors (Lipinski definition) is 4. The minimum atomic E-state index is -0.00193. The van der Waals surface area contributed by atoms with E-state index in [9.17, 15) is 4.79 Å². The van der Waals surface area contributed by atoms with Crippen LogP contribution >= 0.6 is 11.6 Å². The Morgan fingerprint density at radius 1 is 1.11 bits per heavy atom. The Balaban J connectivity index is 1.29. The average molecular weight is 405 g/mol. The molecule has 0 N–H and O–H groups in total. The first kappa shape index (κ1) is 19.7. The molecule has 0 radical (unpaired) electrons. The summed E-state index contributed by atoms with van der Waals surface area (Å²) in [4.78, 5) is 16.6. The third-order valence-electron chi connectivity index (χ3n) is 6.07. The summed E-state index contributed by atoms with van der Waals surface area (Å²) in [6.07, 6.45) is 9.89. The van der Waals surface area contributed by atoms with Crippen LogP contribution in [0.3, 0.4) is 0 Å². The monoisotopic (exact) mass is 404 g/mol. The van der Waals surface area contributed by atoms with Crippen LogP contribution < -0.4 is 4.74 Å². The molecule has 1 aromatic rings. The van der Waals surface area contributed by atoms with Crippen LogP contribution in [0.25, 0.3) is 6.08 Å². The smallest absolute Gasteiger partial charge is 0.246 e. The number of carbonyl (C=O) groups excluding carboxylic acids is 1. The predicted molar refractivity (Wildman–Crippen MR) is 111 cm³/mol. The largest absolute Gasteiger partial charge is 0.490 e. The average Bonchev–Trinajstić information content (AvgIpc) is 2.68. The number of rotatable bonds is 5. The highest BCUT2D eigenvalue weighted by Crippen LogP contribution is 2.30. The molecule has 6 heteroatoms. The lowest BCUT2D eigenvalue weighted by atomic mass is 9.90. The first-order valence-corrected chi connectivity index (χ1v) is 10.8. The molecule has 5 nitrogen and oxygen atoms in total. The lowest BCUT2D eigenvalue weighted by Gasteiger charge is -2.41. The normalized spacial score (nSPS) is 22.4. The minimum absolute atomic E-state index is 0.00193. The van der Waals surface area contributed by atoms with Gasteiger partial charge in [-0.3, -0.25) is 4.79 Å². The van der Waals surface area contributed by atoms with E-state index in [4.69, 9.17) is 21.1 Å². The second-order valence-corrected chi connectivity index (χ2v) is 8.30. The van der Waals surface area contributed by atoms with E-state index < -0.39 is 0 Å². The summed E-state index contributed by atoms with van der Waals surface area (Å²) in [5.41, 5.74) is 0.829. The number of benzene rings is 1. The molecule has 152 valence electrons. The van der Waals surface area contributed by atoms with Crippen molar-refractivity contribution in [3.63, 3.8) is 0 Å². The van der Waals surface area contributed by atoms with Crippen molar-refractivity contribution in [2.75, 3.05) is 39.4 Å². The highest BCUT2D eigenvalue weighted by Gasteiger charge is 2.29. The van der Waals surface area contributed by atoms with E-state index in [1.54, 1.807) is 17.1 Å². The Morgan fingerprint density at radius 2 is 1.86 bits per heavy atom. The number of piperidine rings is 1. The number of ether oxygens (including phenoxy) is 2. The quantitative estimate of drug-likeness (QED) is 0.703. The van der Waals surface area contributed by atoms with Crippen LogP contribution in [-0.2, 0) is 9.53 Å². The lowest BCUT2D eigenvalue weighted by Crippen LogP contribution is -2.46. The lowest BCUT2D eigenvalue weighted by molar-refractivity contribution is -0.129. The van der Waals surface area contributed by atoms with E-state index in [0.717, 1.165) is 43.3 Å². The zero-order valence-corrected chi connectivity index (χ0v) is 17.1. The molecular formula is C22H29ClN2O3. The predicted octanol–water partition coefficient (Wildman–Crippen LogP) is 3.61. The molecule has 4 rings (SSSR count). The second-order valence-electron chi connectivity index (χ2n) is 7.89. The molecular weight excluding hydrogens is 376 g/mol. The maximum atomic E-state index is 12.2. The Hall–Kier alpha value is -1.56. The van der Waals surface area contributed by atoms with Crippen LogP contribution in [-0.4, -0.2) is 67.2 Å². The van der Waals surface area contributed by atoms with Crippen LogP contribution in [0.2, 0.25) is 5.02 Å². The number of likely N-dealkylation sites (tertiary alicyclic amines) is 1. The molecule has 0 aromatic heterocycles. The molecule has 1 aromatic carbocycles. The summed E-state index contributed by atoms with van der Waals surface area (Å²) in [5, 5.41) is 0.607. The summed E-state index contributed by atoms with van der Waals surface area (Å²) < 4.78 is 11.4. The molecule has 28 heavy (non-hydrogen) atoms. The van der Waals surface area contributed by atoms with E-state index in [1.807, 2.05) is 18.2 Å².